The van der Waals surface area contributed by atoms with Gasteiger partial charge in [0.25, 0.3) is 0 Å². The molecule has 1 aromatic heterocycles. The predicted octanol–water partition coefficient (Wildman–Crippen LogP) is 2.05. The van der Waals surface area contributed by atoms with Gasteiger partial charge in [0.05, 0.1) is 12.5 Å². The summed E-state index contributed by atoms with van der Waals surface area (Å²) in [5.41, 5.74) is 0. The number of hydrogen-bond donors (Lipinski definition) is 1. The SMILES string of the molecule is COCCN1C(=O)CCC(C(=O)O)C1c1ccc(Br)o1. The number of piperidine rings is 1. The average molecular weight is 346 g/mol. The number of nitrogens with zero attached hydrogens (tertiary/aromatic N) is 1. The zero-order chi connectivity index (χ0) is 14.7. The molecule has 2 unspecified atom stereocenters. The lowest BCUT2D eigenvalue weighted by molar-refractivity contribution is -0.153. The fraction of sp³-hybridized carbons (Fsp3) is 0.538. The van der Waals surface area contributed by atoms with Crippen molar-refractivity contribution in [3.8, 4) is 0 Å². The molecule has 2 heterocycles. The maximum atomic E-state index is 12.1. The Balaban J connectivity index is 2.33. The number of rotatable bonds is 5. The van der Waals surface area contributed by atoms with Crippen LogP contribution < -0.4 is 0 Å². The lowest BCUT2D eigenvalue weighted by Crippen LogP contribution is -2.46. The number of methoxy groups -OCH3 is 1. The van der Waals surface area contributed by atoms with E-state index in [4.69, 9.17) is 9.15 Å². The second-order valence-electron chi connectivity index (χ2n) is 4.65. The van der Waals surface area contributed by atoms with Gasteiger partial charge < -0.3 is 19.2 Å². The van der Waals surface area contributed by atoms with Crippen LogP contribution in [0.15, 0.2) is 21.2 Å². The Morgan fingerprint density at radius 1 is 1.60 bits per heavy atom. The predicted molar refractivity (Wildman–Crippen MR) is 73.1 cm³/mol. The van der Waals surface area contributed by atoms with Gasteiger partial charge in [-0.1, -0.05) is 0 Å². The Hall–Kier alpha value is -1.34. The Kier molecular flexibility index (Phi) is 4.82. The molecular formula is C13H16BrNO5. The number of hydrogen-bond acceptors (Lipinski definition) is 4. The number of likely N-dealkylation sites (tertiary alicyclic amines) is 1. The molecule has 110 valence electrons. The molecule has 1 saturated heterocycles. The van der Waals surface area contributed by atoms with E-state index in [9.17, 15) is 14.7 Å². The molecule has 0 aromatic carbocycles. The molecule has 2 atom stereocenters. The Morgan fingerprint density at radius 3 is 2.90 bits per heavy atom. The fourth-order valence-electron chi connectivity index (χ4n) is 2.50. The van der Waals surface area contributed by atoms with Crippen molar-refractivity contribution in [1.29, 1.82) is 0 Å². The minimum atomic E-state index is -0.919. The molecule has 1 amide bonds. The summed E-state index contributed by atoms with van der Waals surface area (Å²) in [6.45, 7) is 0.707. The fourth-order valence-corrected chi connectivity index (χ4v) is 2.82. The molecule has 0 spiro atoms. The standard InChI is InChI=1S/C13H16BrNO5/c1-19-7-6-15-11(16)5-2-8(13(17)18)12(15)9-3-4-10(14)20-9/h3-4,8,12H,2,5-7H2,1H3,(H,17,18). The van der Waals surface area contributed by atoms with E-state index in [1.54, 1.807) is 19.2 Å². The van der Waals surface area contributed by atoms with Crippen LogP contribution in [0, 0.1) is 5.92 Å². The first-order valence-electron chi connectivity index (χ1n) is 6.31. The van der Waals surface area contributed by atoms with Crippen LogP contribution in [0.2, 0.25) is 0 Å². The van der Waals surface area contributed by atoms with Gasteiger partial charge >= 0.3 is 5.97 Å². The average Bonchev–Trinajstić information content (AvgIpc) is 2.83. The minimum absolute atomic E-state index is 0.0722. The van der Waals surface area contributed by atoms with Crippen molar-refractivity contribution in [3.05, 3.63) is 22.6 Å². The van der Waals surface area contributed by atoms with Gasteiger partial charge in [-0.05, 0) is 34.5 Å². The van der Waals surface area contributed by atoms with Crippen LogP contribution in [0.5, 0.6) is 0 Å². The molecule has 1 N–H and O–H groups in total. The summed E-state index contributed by atoms with van der Waals surface area (Å²) in [7, 11) is 1.54. The highest BCUT2D eigenvalue weighted by atomic mass is 79.9. The largest absolute Gasteiger partial charge is 0.481 e. The smallest absolute Gasteiger partial charge is 0.309 e. The second kappa shape index (κ2) is 6.41. The van der Waals surface area contributed by atoms with Crippen LogP contribution in [0.4, 0.5) is 0 Å². The van der Waals surface area contributed by atoms with Crippen molar-refractivity contribution in [1.82, 2.24) is 4.90 Å². The third-order valence-corrected chi connectivity index (χ3v) is 3.87. The lowest BCUT2D eigenvalue weighted by Gasteiger charge is -2.38. The van der Waals surface area contributed by atoms with Crippen LogP contribution in [-0.4, -0.2) is 42.1 Å². The van der Waals surface area contributed by atoms with Crippen molar-refractivity contribution < 1.29 is 23.8 Å². The quantitative estimate of drug-likeness (QED) is 0.883. The third-order valence-electron chi connectivity index (χ3n) is 3.45. The maximum Gasteiger partial charge on any atom is 0.309 e. The normalized spacial score (nSPS) is 23.1. The summed E-state index contributed by atoms with van der Waals surface area (Å²) in [5.74, 6) is -1.18. The molecule has 20 heavy (non-hydrogen) atoms. The number of ether oxygens (including phenoxy) is 1. The molecular weight excluding hydrogens is 330 g/mol. The number of carboxylic acids is 1. The zero-order valence-electron chi connectivity index (χ0n) is 11.0. The topological polar surface area (TPSA) is 80.0 Å². The van der Waals surface area contributed by atoms with Crippen LogP contribution in [0.25, 0.3) is 0 Å². The molecule has 1 aromatic rings. The molecule has 1 aliphatic heterocycles. The first-order chi connectivity index (χ1) is 9.54. The van der Waals surface area contributed by atoms with Gasteiger partial charge in [0.2, 0.25) is 5.91 Å². The van der Waals surface area contributed by atoms with E-state index < -0.39 is 17.9 Å². The minimum Gasteiger partial charge on any atom is -0.481 e. The second-order valence-corrected chi connectivity index (χ2v) is 5.43. The van der Waals surface area contributed by atoms with Crippen LogP contribution in [-0.2, 0) is 14.3 Å². The number of halogens is 1. The van der Waals surface area contributed by atoms with Gasteiger partial charge in [-0.3, -0.25) is 9.59 Å². The molecule has 2 rings (SSSR count). The van der Waals surface area contributed by atoms with E-state index in [0.29, 0.717) is 30.0 Å². The lowest BCUT2D eigenvalue weighted by atomic mass is 9.87. The van der Waals surface area contributed by atoms with Crippen LogP contribution in [0.1, 0.15) is 24.6 Å². The van der Waals surface area contributed by atoms with Crippen LogP contribution in [0.3, 0.4) is 0 Å². The highest BCUT2D eigenvalue weighted by Crippen LogP contribution is 2.38. The highest BCUT2D eigenvalue weighted by Gasteiger charge is 2.42. The first kappa shape index (κ1) is 15.1. The van der Waals surface area contributed by atoms with Crippen molar-refractivity contribution >= 4 is 27.8 Å². The molecule has 6 nitrogen and oxygen atoms in total. The number of furan rings is 1. The summed E-state index contributed by atoms with van der Waals surface area (Å²) < 4.78 is 11.0. The molecule has 1 aliphatic rings. The van der Waals surface area contributed by atoms with Crippen LogP contribution >= 0.6 is 15.9 Å². The third kappa shape index (κ3) is 3.04. The van der Waals surface area contributed by atoms with Crippen molar-refractivity contribution in [3.63, 3.8) is 0 Å². The van der Waals surface area contributed by atoms with E-state index in [1.807, 2.05) is 0 Å². The number of carbonyl (C=O) groups is 2. The van der Waals surface area contributed by atoms with E-state index in [0.717, 1.165) is 0 Å². The number of amides is 1. The molecule has 1 fully saturated rings. The van der Waals surface area contributed by atoms with Gasteiger partial charge in [0.15, 0.2) is 4.67 Å². The number of carbonyl (C=O) groups excluding carboxylic acids is 1. The van der Waals surface area contributed by atoms with Crippen molar-refractivity contribution in [2.45, 2.75) is 18.9 Å². The van der Waals surface area contributed by atoms with E-state index >= 15 is 0 Å². The van der Waals surface area contributed by atoms with Gasteiger partial charge in [0.1, 0.15) is 11.8 Å². The Bertz CT molecular complexity index is 501. The van der Waals surface area contributed by atoms with E-state index in [-0.39, 0.29) is 12.3 Å². The highest BCUT2D eigenvalue weighted by molar-refractivity contribution is 9.10. The molecule has 0 radical (unpaired) electrons. The van der Waals surface area contributed by atoms with Crippen molar-refractivity contribution in [2.75, 3.05) is 20.3 Å². The summed E-state index contributed by atoms with van der Waals surface area (Å²) >= 11 is 3.20. The molecule has 0 aliphatic carbocycles. The Morgan fingerprint density at radius 2 is 2.35 bits per heavy atom. The summed E-state index contributed by atoms with van der Waals surface area (Å²) in [6, 6.07) is 2.81. The van der Waals surface area contributed by atoms with Gasteiger partial charge in [-0.15, -0.1) is 0 Å². The molecule has 0 bridgehead atoms. The van der Waals surface area contributed by atoms with E-state index in [1.165, 1.54) is 4.90 Å². The number of carboxylic acid groups (broad SMARTS) is 1. The van der Waals surface area contributed by atoms with Gasteiger partial charge in [-0.25, -0.2) is 0 Å². The summed E-state index contributed by atoms with van der Waals surface area (Å²) in [5, 5.41) is 9.38. The monoisotopic (exact) mass is 345 g/mol. The number of aliphatic carboxylic acids is 1. The van der Waals surface area contributed by atoms with Gasteiger partial charge in [-0.2, -0.15) is 0 Å². The first-order valence-corrected chi connectivity index (χ1v) is 7.10. The van der Waals surface area contributed by atoms with Gasteiger partial charge in [0, 0.05) is 20.1 Å². The molecule has 0 saturated carbocycles. The molecule has 7 heteroatoms. The van der Waals surface area contributed by atoms with Crippen molar-refractivity contribution in [2.24, 2.45) is 5.92 Å². The summed E-state index contributed by atoms with van der Waals surface area (Å²) in [6.07, 6.45) is 0.555. The zero-order valence-corrected chi connectivity index (χ0v) is 12.6. The van der Waals surface area contributed by atoms with E-state index in [2.05, 4.69) is 15.9 Å². The Labute approximate surface area is 124 Å². The summed E-state index contributed by atoms with van der Waals surface area (Å²) in [4.78, 5) is 25.1. The maximum absolute atomic E-state index is 12.1.